The first-order valence-electron chi connectivity index (χ1n) is 6.25. The van der Waals surface area contributed by atoms with E-state index >= 15 is 0 Å². The molecule has 0 bridgehead atoms. The van der Waals surface area contributed by atoms with E-state index in [1.54, 1.807) is 12.1 Å². The normalized spacial score (nSPS) is 10.4. The number of benzene rings is 3. The number of hydrogen-bond donors (Lipinski definition) is 0. The molecular weight excluding hydrogens is 235 g/mol. The van der Waals surface area contributed by atoms with E-state index in [4.69, 9.17) is 0 Å². The molecule has 0 spiro atoms. The van der Waals surface area contributed by atoms with E-state index in [1.807, 2.05) is 48.5 Å². The Hall–Kier alpha value is -2.41. The fourth-order valence-electron chi connectivity index (χ4n) is 2.17. The summed E-state index contributed by atoms with van der Waals surface area (Å²) in [6, 6.07) is 25.0. The maximum Gasteiger partial charge on any atom is 0.131 e. The third-order valence-corrected chi connectivity index (χ3v) is 3.18. The van der Waals surface area contributed by atoms with Gasteiger partial charge in [0, 0.05) is 5.56 Å². The van der Waals surface area contributed by atoms with E-state index in [9.17, 15) is 4.39 Å². The van der Waals surface area contributed by atoms with Crippen LogP contribution in [-0.2, 0) is 0 Å². The summed E-state index contributed by atoms with van der Waals surface area (Å²) < 4.78 is 13.7. The zero-order chi connectivity index (χ0) is 13.1. The Morgan fingerprint density at radius 3 is 1.68 bits per heavy atom. The Balaban J connectivity index is 1.98. The second kappa shape index (κ2) is 5.07. The van der Waals surface area contributed by atoms with Gasteiger partial charge in [-0.1, -0.05) is 72.8 Å². The van der Waals surface area contributed by atoms with Gasteiger partial charge in [-0.15, -0.1) is 0 Å². The summed E-state index contributed by atoms with van der Waals surface area (Å²) in [5.41, 5.74) is 3.85. The Kier molecular flexibility index (Phi) is 3.11. The van der Waals surface area contributed by atoms with Crippen LogP contribution < -0.4 is 0 Å². The molecule has 0 aliphatic rings. The largest absolute Gasteiger partial charge is 0.206 e. The lowest BCUT2D eigenvalue weighted by molar-refractivity contribution is 0.631. The molecule has 0 aliphatic heterocycles. The van der Waals surface area contributed by atoms with E-state index in [2.05, 4.69) is 12.1 Å². The highest BCUT2D eigenvalue weighted by molar-refractivity contribution is 5.70. The fraction of sp³-hybridized carbons (Fsp3) is 0. The predicted octanol–water partition coefficient (Wildman–Crippen LogP) is 5.16. The van der Waals surface area contributed by atoms with Crippen molar-refractivity contribution in [3.8, 4) is 22.3 Å². The summed E-state index contributed by atoms with van der Waals surface area (Å²) in [5.74, 6) is -0.185. The van der Waals surface area contributed by atoms with Crippen LogP contribution in [0.1, 0.15) is 0 Å². The van der Waals surface area contributed by atoms with Crippen LogP contribution in [0.5, 0.6) is 0 Å². The second-order valence-corrected chi connectivity index (χ2v) is 4.42. The van der Waals surface area contributed by atoms with E-state index in [-0.39, 0.29) is 5.82 Å². The molecule has 1 heteroatoms. The first-order chi connectivity index (χ1) is 9.34. The minimum absolute atomic E-state index is 0.185. The average molecular weight is 248 g/mol. The van der Waals surface area contributed by atoms with Crippen LogP contribution >= 0.6 is 0 Å². The number of halogens is 1. The molecule has 0 heterocycles. The molecule has 0 N–H and O–H groups in total. The summed E-state index contributed by atoms with van der Waals surface area (Å²) in [7, 11) is 0. The van der Waals surface area contributed by atoms with Gasteiger partial charge in [0.15, 0.2) is 0 Å². The molecule has 3 aromatic carbocycles. The molecule has 3 aromatic rings. The van der Waals surface area contributed by atoms with Crippen molar-refractivity contribution >= 4 is 0 Å². The monoisotopic (exact) mass is 248 g/mol. The quantitative estimate of drug-likeness (QED) is 0.587. The lowest BCUT2D eigenvalue weighted by atomic mass is 10.0. The van der Waals surface area contributed by atoms with E-state index in [1.165, 1.54) is 11.6 Å². The van der Waals surface area contributed by atoms with Crippen molar-refractivity contribution in [2.45, 2.75) is 0 Å². The topological polar surface area (TPSA) is 0 Å². The van der Waals surface area contributed by atoms with Crippen LogP contribution in [0, 0.1) is 5.82 Å². The summed E-state index contributed by atoms with van der Waals surface area (Å²) in [6.45, 7) is 0. The van der Waals surface area contributed by atoms with Gasteiger partial charge in [-0.05, 0) is 22.8 Å². The van der Waals surface area contributed by atoms with Crippen molar-refractivity contribution in [3.05, 3.63) is 84.7 Å². The molecule has 0 unspecified atom stereocenters. The molecule has 0 aliphatic carbocycles. The molecule has 0 saturated carbocycles. The highest BCUT2D eigenvalue weighted by Crippen LogP contribution is 2.26. The summed E-state index contributed by atoms with van der Waals surface area (Å²) in [5, 5.41) is 0. The van der Waals surface area contributed by atoms with Crippen molar-refractivity contribution in [3.63, 3.8) is 0 Å². The average Bonchev–Trinajstić information content (AvgIpc) is 2.49. The van der Waals surface area contributed by atoms with Gasteiger partial charge < -0.3 is 0 Å². The first kappa shape index (κ1) is 11.7. The van der Waals surface area contributed by atoms with Gasteiger partial charge in [-0.2, -0.15) is 0 Å². The maximum absolute atomic E-state index is 13.7. The van der Waals surface area contributed by atoms with Crippen LogP contribution in [0.4, 0.5) is 4.39 Å². The summed E-state index contributed by atoms with van der Waals surface area (Å²) >= 11 is 0. The minimum Gasteiger partial charge on any atom is -0.206 e. The maximum atomic E-state index is 13.7. The van der Waals surface area contributed by atoms with Gasteiger partial charge in [-0.25, -0.2) is 4.39 Å². The zero-order valence-corrected chi connectivity index (χ0v) is 10.4. The van der Waals surface area contributed by atoms with Crippen LogP contribution in [0.3, 0.4) is 0 Å². The molecule has 0 atom stereocenters. The van der Waals surface area contributed by atoms with Crippen LogP contribution in [-0.4, -0.2) is 0 Å². The molecule has 3 rings (SSSR count). The van der Waals surface area contributed by atoms with Crippen molar-refractivity contribution in [2.24, 2.45) is 0 Å². The van der Waals surface area contributed by atoms with Gasteiger partial charge in [-0.3, -0.25) is 0 Å². The molecule has 92 valence electrons. The van der Waals surface area contributed by atoms with Crippen LogP contribution in [0.2, 0.25) is 0 Å². The van der Waals surface area contributed by atoms with E-state index < -0.39 is 0 Å². The summed E-state index contributed by atoms with van der Waals surface area (Å²) in [4.78, 5) is 0. The zero-order valence-electron chi connectivity index (χ0n) is 10.4. The van der Waals surface area contributed by atoms with Gasteiger partial charge in [0.25, 0.3) is 0 Å². The fourth-order valence-corrected chi connectivity index (χ4v) is 2.17. The molecule has 0 fully saturated rings. The van der Waals surface area contributed by atoms with Gasteiger partial charge in [0.1, 0.15) is 5.82 Å². The second-order valence-electron chi connectivity index (χ2n) is 4.42. The van der Waals surface area contributed by atoms with E-state index in [0.717, 1.165) is 11.1 Å². The molecular formula is C18H13F. The van der Waals surface area contributed by atoms with Crippen molar-refractivity contribution in [1.29, 1.82) is 0 Å². The lowest BCUT2D eigenvalue weighted by Gasteiger charge is -2.05. The number of hydrogen-bond acceptors (Lipinski definition) is 0. The lowest BCUT2D eigenvalue weighted by Crippen LogP contribution is -1.84. The predicted molar refractivity (Wildman–Crippen MR) is 77.3 cm³/mol. The van der Waals surface area contributed by atoms with Crippen molar-refractivity contribution in [2.75, 3.05) is 0 Å². The minimum atomic E-state index is -0.185. The third-order valence-electron chi connectivity index (χ3n) is 3.18. The molecule has 19 heavy (non-hydrogen) atoms. The summed E-state index contributed by atoms with van der Waals surface area (Å²) in [6.07, 6.45) is 0. The van der Waals surface area contributed by atoms with Gasteiger partial charge in [0.05, 0.1) is 0 Å². The molecule has 0 nitrogen and oxygen atoms in total. The first-order valence-corrected chi connectivity index (χ1v) is 6.25. The molecule has 0 aromatic heterocycles. The van der Waals surface area contributed by atoms with Crippen LogP contribution in [0.15, 0.2) is 78.9 Å². The highest BCUT2D eigenvalue weighted by Gasteiger charge is 2.04. The Labute approximate surface area is 112 Å². The van der Waals surface area contributed by atoms with Crippen LogP contribution in [0.25, 0.3) is 22.3 Å². The smallest absolute Gasteiger partial charge is 0.131 e. The third kappa shape index (κ3) is 2.41. The number of rotatable bonds is 2. The van der Waals surface area contributed by atoms with Gasteiger partial charge in [0.2, 0.25) is 0 Å². The SMILES string of the molecule is Fc1ccccc1-c1ccc(-c2ccccc2)cc1. The van der Waals surface area contributed by atoms with E-state index in [0.29, 0.717) is 5.56 Å². The molecule has 0 radical (unpaired) electrons. The Bertz CT molecular complexity index is 670. The van der Waals surface area contributed by atoms with Crippen molar-refractivity contribution < 1.29 is 4.39 Å². The highest BCUT2D eigenvalue weighted by atomic mass is 19.1. The Morgan fingerprint density at radius 2 is 1.00 bits per heavy atom. The van der Waals surface area contributed by atoms with Crippen molar-refractivity contribution in [1.82, 2.24) is 0 Å². The van der Waals surface area contributed by atoms with Gasteiger partial charge >= 0.3 is 0 Å². The Morgan fingerprint density at radius 1 is 0.474 bits per heavy atom. The molecule has 0 amide bonds. The standard InChI is InChI=1S/C18H13F/c19-18-9-5-4-8-17(18)16-12-10-15(11-13-16)14-6-2-1-3-7-14/h1-13H. The molecule has 0 saturated heterocycles.